The van der Waals surface area contributed by atoms with Crippen LogP contribution in [-0.4, -0.2) is 19.2 Å². The second-order valence-electron chi connectivity index (χ2n) is 4.70. The number of ether oxygens (including phenoxy) is 1. The molecule has 0 aromatic heterocycles. The van der Waals surface area contributed by atoms with Gasteiger partial charge in [0.25, 0.3) is 0 Å². The Labute approximate surface area is 127 Å². The molecule has 0 radical (unpaired) electrons. The number of benzene rings is 2. The lowest BCUT2D eigenvalue weighted by molar-refractivity contribution is 0.215. The molecule has 21 heavy (non-hydrogen) atoms. The van der Waals surface area contributed by atoms with Crippen molar-refractivity contribution in [3.63, 3.8) is 0 Å². The van der Waals surface area contributed by atoms with Crippen molar-refractivity contribution in [1.82, 2.24) is 0 Å². The summed E-state index contributed by atoms with van der Waals surface area (Å²) in [6, 6.07) is 13.5. The average Bonchev–Trinajstić information content (AvgIpc) is 2.53. The number of nitrogens with one attached hydrogen (secondary N) is 1. The molecule has 1 aliphatic heterocycles. The van der Waals surface area contributed by atoms with E-state index in [-0.39, 0.29) is 6.10 Å². The van der Waals surface area contributed by atoms with Crippen LogP contribution in [-0.2, 0) is 0 Å². The van der Waals surface area contributed by atoms with Gasteiger partial charge in [0.2, 0.25) is 0 Å². The van der Waals surface area contributed by atoms with Crippen molar-refractivity contribution in [3.8, 4) is 16.9 Å². The molecule has 1 N–H and O–H groups in total. The van der Waals surface area contributed by atoms with Crippen LogP contribution in [0.2, 0.25) is 5.02 Å². The third kappa shape index (κ3) is 2.75. The van der Waals surface area contributed by atoms with Crippen LogP contribution in [0.5, 0.6) is 5.75 Å². The fourth-order valence-electron chi connectivity index (χ4n) is 2.36. The van der Waals surface area contributed by atoms with Gasteiger partial charge >= 0.3 is 0 Å². The second kappa shape index (κ2) is 5.95. The molecule has 2 aromatic carbocycles. The Bertz CT molecular complexity index is 713. The lowest BCUT2D eigenvalue weighted by atomic mass is 10.0. The molecule has 0 amide bonds. The molecule has 3 rings (SSSR count). The van der Waals surface area contributed by atoms with E-state index in [0.717, 1.165) is 22.6 Å². The number of hydrogen-bond acceptors (Lipinski definition) is 3. The Balaban J connectivity index is 2.01. The highest BCUT2D eigenvalue weighted by atomic mass is 35.5. The first kappa shape index (κ1) is 13.6. The van der Waals surface area contributed by atoms with Gasteiger partial charge in [0.1, 0.15) is 6.10 Å². The SMILES string of the molecule is [N-]=[N+]=NC[C@H]1CNc2cccc(-c3ccccc3Cl)c2O1. The van der Waals surface area contributed by atoms with E-state index in [0.29, 0.717) is 18.1 Å². The predicted molar refractivity (Wildman–Crippen MR) is 83.8 cm³/mol. The van der Waals surface area contributed by atoms with Gasteiger partial charge in [-0.15, -0.1) is 0 Å². The van der Waals surface area contributed by atoms with Crippen molar-refractivity contribution < 1.29 is 4.74 Å². The van der Waals surface area contributed by atoms with Crippen LogP contribution in [0.15, 0.2) is 47.6 Å². The van der Waals surface area contributed by atoms with Gasteiger partial charge < -0.3 is 10.1 Å². The van der Waals surface area contributed by atoms with Gasteiger partial charge in [-0.3, -0.25) is 0 Å². The quantitative estimate of drug-likeness (QED) is 0.515. The zero-order chi connectivity index (χ0) is 14.7. The van der Waals surface area contributed by atoms with Crippen LogP contribution < -0.4 is 10.1 Å². The summed E-state index contributed by atoms with van der Waals surface area (Å²) in [5, 5.41) is 7.55. The summed E-state index contributed by atoms with van der Waals surface area (Å²) in [6.07, 6.45) is -0.183. The zero-order valence-corrected chi connectivity index (χ0v) is 11.9. The van der Waals surface area contributed by atoms with Crippen LogP contribution in [0.1, 0.15) is 0 Å². The number of hydrogen-bond donors (Lipinski definition) is 1. The number of fused-ring (bicyclic) bond motifs is 1. The Hall–Kier alpha value is -2.36. The van der Waals surface area contributed by atoms with Gasteiger partial charge in [-0.25, -0.2) is 0 Å². The predicted octanol–water partition coefficient (Wildman–Crippen LogP) is 4.49. The molecular weight excluding hydrogens is 288 g/mol. The number of halogens is 1. The first-order valence-electron chi connectivity index (χ1n) is 6.59. The molecule has 0 spiro atoms. The van der Waals surface area contributed by atoms with Crippen molar-refractivity contribution in [1.29, 1.82) is 0 Å². The molecule has 0 saturated heterocycles. The fourth-order valence-corrected chi connectivity index (χ4v) is 2.59. The zero-order valence-electron chi connectivity index (χ0n) is 11.2. The normalized spacial score (nSPS) is 16.1. The molecule has 1 aliphatic rings. The minimum absolute atomic E-state index is 0.183. The van der Waals surface area contributed by atoms with Gasteiger partial charge in [0.15, 0.2) is 5.75 Å². The highest BCUT2D eigenvalue weighted by molar-refractivity contribution is 6.33. The molecule has 0 fully saturated rings. The number of anilines is 1. The molecule has 0 aliphatic carbocycles. The van der Waals surface area contributed by atoms with Crippen LogP contribution in [0.3, 0.4) is 0 Å². The average molecular weight is 301 g/mol. The van der Waals surface area contributed by atoms with E-state index in [1.807, 2.05) is 42.5 Å². The minimum Gasteiger partial charge on any atom is -0.486 e. The van der Waals surface area contributed by atoms with Gasteiger partial charge in [0.05, 0.1) is 18.8 Å². The summed E-state index contributed by atoms with van der Waals surface area (Å²) < 4.78 is 5.99. The largest absolute Gasteiger partial charge is 0.486 e. The fraction of sp³-hybridized carbons (Fsp3) is 0.200. The Kier molecular flexibility index (Phi) is 3.86. The summed E-state index contributed by atoms with van der Waals surface area (Å²) >= 11 is 6.28. The Morgan fingerprint density at radius 1 is 1.24 bits per heavy atom. The maximum atomic E-state index is 8.43. The van der Waals surface area contributed by atoms with E-state index in [2.05, 4.69) is 15.3 Å². The summed E-state index contributed by atoms with van der Waals surface area (Å²) in [7, 11) is 0. The standard InChI is InChI=1S/C15H13ClN4O/c16-13-6-2-1-4-11(13)12-5-3-7-14-15(12)21-10(8-18-14)9-19-20-17/h1-7,10,18H,8-9H2/t10-/m1/s1. The molecule has 5 nitrogen and oxygen atoms in total. The van der Waals surface area contributed by atoms with E-state index in [9.17, 15) is 0 Å². The molecule has 0 unspecified atom stereocenters. The number of nitrogens with zero attached hydrogens (tertiary/aromatic N) is 3. The third-order valence-corrected chi connectivity index (χ3v) is 3.66. The monoisotopic (exact) mass is 300 g/mol. The third-order valence-electron chi connectivity index (χ3n) is 3.33. The molecule has 2 aromatic rings. The van der Waals surface area contributed by atoms with Gasteiger partial charge in [-0.05, 0) is 17.7 Å². The molecular formula is C15H13ClN4O. The minimum atomic E-state index is -0.183. The van der Waals surface area contributed by atoms with Crippen molar-refractivity contribution in [2.24, 2.45) is 5.11 Å². The van der Waals surface area contributed by atoms with Gasteiger partial charge in [0, 0.05) is 21.1 Å². The van der Waals surface area contributed by atoms with E-state index in [4.69, 9.17) is 21.9 Å². The van der Waals surface area contributed by atoms with Crippen LogP contribution in [0, 0.1) is 0 Å². The highest BCUT2D eigenvalue weighted by Gasteiger charge is 2.22. The second-order valence-corrected chi connectivity index (χ2v) is 5.10. The van der Waals surface area contributed by atoms with E-state index in [1.54, 1.807) is 0 Å². The topological polar surface area (TPSA) is 70.0 Å². The van der Waals surface area contributed by atoms with E-state index < -0.39 is 0 Å². The Morgan fingerprint density at radius 3 is 2.86 bits per heavy atom. The van der Waals surface area contributed by atoms with E-state index >= 15 is 0 Å². The summed E-state index contributed by atoms with van der Waals surface area (Å²) in [4.78, 5) is 2.78. The number of azide groups is 1. The molecule has 0 bridgehead atoms. The van der Waals surface area contributed by atoms with Gasteiger partial charge in [-0.1, -0.05) is 47.0 Å². The lowest BCUT2D eigenvalue weighted by Crippen LogP contribution is -2.33. The molecule has 106 valence electrons. The van der Waals surface area contributed by atoms with Crippen molar-refractivity contribution in [3.05, 3.63) is 57.9 Å². The summed E-state index contributed by atoms with van der Waals surface area (Å²) in [5.41, 5.74) is 11.2. The van der Waals surface area contributed by atoms with Crippen molar-refractivity contribution in [2.75, 3.05) is 18.4 Å². The van der Waals surface area contributed by atoms with Gasteiger partial charge in [-0.2, -0.15) is 0 Å². The van der Waals surface area contributed by atoms with Crippen LogP contribution in [0.4, 0.5) is 5.69 Å². The maximum Gasteiger partial charge on any atom is 0.150 e. The van der Waals surface area contributed by atoms with Crippen molar-refractivity contribution in [2.45, 2.75) is 6.10 Å². The first-order chi connectivity index (χ1) is 10.3. The molecule has 0 saturated carbocycles. The molecule has 6 heteroatoms. The lowest BCUT2D eigenvalue weighted by Gasteiger charge is -2.28. The molecule has 1 heterocycles. The van der Waals surface area contributed by atoms with Crippen LogP contribution in [0.25, 0.3) is 21.6 Å². The number of para-hydroxylation sites is 1. The number of rotatable bonds is 3. The van der Waals surface area contributed by atoms with Crippen molar-refractivity contribution >= 4 is 17.3 Å². The van der Waals surface area contributed by atoms with E-state index in [1.165, 1.54) is 0 Å². The molecule has 1 atom stereocenters. The van der Waals surface area contributed by atoms with Crippen LogP contribution >= 0.6 is 11.6 Å². The first-order valence-corrected chi connectivity index (χ1v) is 6.96. The maximum absolute atomic E-state index is 8.43. The summed E-state index contributed by atoms with van der Waals surface area (Å²) in [6.45, 7) is 0.901. The highest BCUT2D eigenvalue weighted by Crippen LogP contribution is 2.41. The Morgan fingerprint density at radius 2 is 2.05 bits per heavy atom. The smallest absolute Gasteiger partial charge is 0.150 e. The summed E-state index contributed by atoms with van der Waals surface area (Å²) in [5.74, 6) is 0.745.